The number of ether oxygens (including phenoxy) is 2. The number of nitrogens with zero attached hydrogens (tertiary/aromatic N) is 2. The van der Waals surface area contributed by atoms with Crippen molar-refractivity contribution in [1.29, 1.82) is 0 Å². The molecule has 218 valence electrons. The van der Waals surface area contributed by atoms with E-state index in [9.17, 15) is 9.59 Å². The standard InChI is InChI=1S/C30H41ClN4O4S/c1-17-12-24(40-7)22(28(37)33-17)14-32-27(36)21-13-23(31)26-25(18(21)2)38-30(4,39-26)29(3)10-8-19(9-11-29)35-15-20(16-35)34(5)6/h12-13,19-20H,8-11,14-16H2,1-7H3,(H,32,36)(H,33,37)/t19?,29?,30-/m1/s1. The van der Waals surface area contributed by atoms with Gasteiger partial charge in [0.2, 0.25) is 0 Å². The average molecular weight is 589 g/mol. The fraction of sp³-hybridized carbons (Fsp3) is 0.600. The van der Waals surface area contributed by atoms with Crippen LogP contribution in [0, 0.1) is 19.3 Å². The van der Waals surface area contributed by atoms with Crippen molar-refractivity contribution in [3.63, 3.8) is 0 Å². The van der Waals surface area contributed by atoms with Crippen molar-refractivity contribution in [3.8, 4) is 11.5 Å². The highest BCUT2D eigenvalue weighted by Gasteiger charge is 2.55. The maximum absolute atomic E-state index is 13.3. The number of likely N-dealkylation sites (tertiary alicyclic amines) is 1. The van der Waals surface area contributed by atoms with Crippen LogP contribution in [-0.2, 0) is 6.54 Å². The smallest absolute Gasteiger partial charge is 0.254 e. The van der Waals surface area contributed by atoms with Gasteiger partial charge in [0.05, 0.1) is 5.02 Å². The highest BCUT2D eigenvalue weighted by molar-refractivity contribution is 7.98. The van der Waals surface area contributed by atoms with Crippen LogP contribution in [0.4, 0.5) is 0 Å². The van der Waals surface area contributed by atoms with E-state index in [-0.39, 0.29) is 23.4 Å². The minimum atomic E-state index is -0.882. The molecule has 8 nitrogen and oxygen atoms in total. The van der Waals surface area contributed by atoms with E-state index in [1.807, 2.05) is 33.1 Å². The zero-order chi connectivity index (χ0) is 29.0. The summed E-state index contributed by atoms with van der Waals surface area (Å²) in [4.78, 5) is 34.4. The van der Waals surface area contributed by atoms with Gasteiger partial charge in [-0.25, -0.2) is 0 Å². The molecule has 1 aliphatic carbocycles. The zero-order valence-electron chi connectivity index (χ0n) is 24.6. The quantitative estimate of drug-likeness (QED) is 0.441. The number of aromatic nitrogens is 1. The van der Waals surface area contributed by atoms with E-state index < -0.39 is 5.79 Å². The number of carbonyl (C=O) groups excluding carboxylic acids is 1. The van der Waals surface area contributed by atoms with Gasteiger partial charge in [-0.2, -0.15) is 0 Å². The van der Waals surface area contributed by atoms with E-state index in [4.69, 9.17) is 21.1 Å². The molecule has 1 saturated heterocycles. The van der Waals surface area contributed by atoms with Crippen molar-refractivity contribution in [2.45, 2.75) is 82.7 Å². The Balaban J connectivity index is 1.29. The van der Waals surface area contributed by atoms with Crippen molar-refractivity contribution in [2.24, 2.45) is 5.41 Å². The summed E-state index contributed by atoms with van der Waals surface area (Å²) >= 11 is 8.17. The van der Waals surface area contributed by atoms with Crippen molar-refractivity contribution >= 4 is 29.3 Å². The van der Waals surface area contributed by atoms with Gasteiger partial charge in [-0.15, -0.1) is 11.8 Å². The first kappa shape index (κ1) is 29.3. The summed E-state index contributed by atoms with van der Waals surface area (Å²) < 4.78 is 13.1. The molecule has 1 aromatic heterocycles. The lowest BCUT2D eigenvalue weighted by atomic mass is 9.68. The summed E-state index contributed by atoms with van der Waals surface area (Å²) in [7, 11) is 4.31. The molecule has 2 N–H and O–H groups in total. The molecule has 3 aliphatic rings. The highest BCUT2D eigenvalue weighted by atomic mass is 35.5. The molecule has 1 amide bonds. The second-order valence-electron chi connectivity index (χ2n) is 12.2. The third-order valence-electron chi connectivity index (χ3n) is 9.44. The number of pyridine rings is 1. The van der Waals surface area contributed by atoms with Gasteiger partial charge in [0.25, 0.3) is 17.3 Å². The highest BCUT2D eigenvalue weighted by Crippen LogP contribution is 2.56. The monoisotopic (exact) mass is 588 g/mol. The van der Waals surface area contributed by atoms with Crippen molar-refractivity contribution in [3.05, 3.63) is 49.9 Å². The third-order valence-corrected chi connectivity index (χ3v) is 10.5. The summed E-state index contributed by atoms with van der Waals surface area (Å²) in [6, 6.07) is 4.81. The van der Waals surface area contributed by atoms with Crippen molar-refractivity contribution in [1.82, 2.24) is 20.1 Å². The Morgan fingerprint density at radius 2 is 1.82 bits per heavy atom. The zero-order valence-corrected chi connectivity index (χ0v) is 26.1. The maximum Gasteiger partial charge on any atom is 0.254 e. The number of benzene rings is 1. The summed E-state index contributed by atoms with van der Waals surface area (Å²) in [6.45, 7) is 10.3. The number of aromatic amines is 1. The number of rotatable bonds is 7. The van der Waals surface area contributed by atoms with Crippen molar-refractivity contribution < 1.29 is 14.3 Å². The lowest BCUT2D eigenvalue weighted by Gasteiger charge is -2.52. The molecule has 0 unspecified atom stereocenters. The third kappa shape index (κ3) is 5.14. The molecule has 0 spiro atoms. The van der Waals surface area contributed by atoms with E-state index in [1.54, 1.807) is 6.07 Å². The average Bonchev–Trinajstić information content (AvgIpc) is 3.25. The first-order valence-electron chi connectivity index (χ1n) is 14.0. The number of carbonyl (C=O) groups is 1. The van der Waals surface area contributed by atoms with Crippen LogP contribution in [0.25, 0.3) is 0 Å². The van der Waals surface area contributed by atoms with Gasteiger partial charge in [-0.05, 0) is 72.0 Å². The molecule has 2 fully saturated rings. The first-order chi connectivity index (χ1) is 18.9. The molecule has 1 atom stereocenters. The number of thioether (sulfide) groups is 1. The van der Waals surface area contributed by atoms with Gasteiger partial charge in [-0.1, -0.05) is 18.5 Å². The predicted molar refractivity (Wildman–Crippen MR) is 160 cm³/mol. The van der Waals surface area contributed by atoms with E-state index in [0.29, 0.717) is 45.3 Å². The Hall–Kier alpha value is -2.20. The molecular formula is C30H41ClN4O4S. The van der Waals surface area contributed by atoms with Crippen LogP contribution >= 0.6 is 23.4 Å². The Labute approximate surface area is 246 Å². The molecule has 1 saturated carbocycles. The minimum absolute atomic E-state index is 0.110. The number of halogens is 1. The molecule has 0 radical (unpaired) electrons. The van der Waals surface area contributed by atoms with Gasteiger partial charge in [0.15, 0.2) is 11.5 Å². The van der Waals surface area contributed by atoms with Crippen LogP contribution in [-0.4, -0.2) is 72.0 Å². The largest absolute Gasteiger partial charge is 0.448 e. The summed E-state index contributed by atoms with van der Waals surface area (Å²) in [6.07, 6.45) is 6.09. The van der Waals surface area contributed by atoms with Crippen molar-refractivity contribution in [2.75, 3.05) is 33.4 Å². The van der Waals surface area contributed by atoms with Crippen LogP contribution in [0.5, 0.6) is 11.5 Å². The van der Waals surface area contributed by atoms with E-state index in [0.717, 1.165) is 49.4 Å². The second kappa shape index (κ2) is 10.9. The van der Waals surface area contributed by atoms with Gasteiger partial charge in [0.1, 0.15) is 0 Å². The van der Waals surface area contributed by atoms with Gasteiger partial charge in [0, 0.05) is 71.3 Å². The number of fused-ring (bicyclic) bond motifs is 1. The number of aryl methyl sites for hydroxylation is 1. The normalized spacial score (nSPS) is 26.7. The number of amides is 1. The molecule has 2 aromatic rings. The van der Waals surface area contributed by atoms with Crippen LogP contribution in [0.2, 0.25) is 5.02 Å². The van der Waals surface area contributed by atoms with Crippen LogP contribution in [0.3, 0.4) is 0 Å². The minimum Gasteiger partial charge on any atom is -0.448 e. The molecule has 5 rings (SSSR count). The molecule has 1 aromatic carbocycles. The van der Waals surface area contributed by atoms with Gasteiger partial charge >= 0.3 is 0 Å². The fourth-order valence-electron chi connectivity index (χ4n) is 6.28. The Kier molecular flexibility index (Phi) is 7.98. The SMILES string of the molecule is CSc1cc(C)[nH]c(=O)c1CNC(=O)c1cc(Cl)c2c(c1C)O[C@@](C)(C1(C)CCC(N3CC(N(C)C)C3)CC1)O2. The lowest BCUT2D eigenvalue weighted by molar-refractivity contribution is -0.176. The second-order valence-corrected chi connectivity index (χ2v) is 13.5. The molecular weight excluding hydrogens is 548 g/mol. The number of hydrogen-bond acceptors (Lipinski definition) is 7. The molecule has 3 heterocycles. The fourth-order valence-corrected chi connectivity index (χ4v) is 7.22. The molecule has 40 heavy (non-hydrogen) atoms. The Bertz CT molecular complexity index is 1360. The summed E-state index contributed by atoms with van der Waals surface area (Å²) in [5, 5.41) is 3.25. The topological polar surface area (TPSA) is 86.9 Å². The first-order valence-corrected chi connectivity index (χ1v) is 15.6. The number of likely N-dealkylation sites (N-methyl/N-ethyl adjacent to an activating group) is 1. The van der Waals surface area contributed by atoms with Crippen LogP contribution in [0.15, 0.2) is 21.8 Å². The van der Waals surface area contributed by atoms with E-state index in [2.05, 4.69) is 41.1 Å². The molecule has 10 heteroatoms. The molecule has 2 aliphatic heterocycles. The summed E-state index contributed by atoms with van der Waals surface area (Å²) in [5.41, 5.74) is 2.00. The number of H-pyrrole nitrogens is 1. The Morgan fingerprint density at radius 3 is 2.45 bits per heavy atom. The summed E-state index contributed by atoms with van der Waals surface area (Å²) in [5.74, 6) is -0.174. The van der Waals surface area contributed by atoms with Crippen LogP contribution in [0.1, 0.15) is 66.7 Å². The van der Waals surface area contributed by atoms with Crippen LogP contribution < -0.4 is 20.3 Å². The number of nitrogens with one attached hydrogen (secondary N) is 2. The predicted octanol–water partition coefficient (Wildman–Crippen LogP) is 4.98. The molecule has 0 bridgehead atoms. The number of hydrogen-bond donors (Lipinski definition) is 2. The van der Waals surface area contributed by atoms with E-state index >= 15 is 0 Å². The lowest BCUT2D eigenvalue weighted by Crippen LogP contribution is -2.62. The maximum atomic E-state index is 13.3. The van der Waals surface area contributed by atoms with Gasteiger partial charge in [-0.3, -0.25) is 14.5 Å². The van der Waals surface area contributed by atoms with E-state index in [1.165, 1.54) is 11.8 Å². The Morgan fingerprint density at radius 1 is 1.18 bits per heavy atom. The van der Waals surface area contributed by atoms with Gasteiger partial charge < -0.3 is 24.7 Å².